The first-order valence-corrected chi connectivity index (χ1v) is 11.7. The number of aromatic nitrogens is 2. The molecular formula is C21H28N6O5S. The van der Waals surface area contributed by atoms with Crippen molar-refractivity contribution in [3.63, 3.8) is 0 Å². The zero-order chi connectivity index (χ0) is 24.0. The molecule has 178 valence electrons. The first kappa shape index (κ1) is 24.4. The molecule has 0 saturated carbocycles. The van der Waals surface area contributed by atoms with E-state index < -0.39 is 27.8 Å². The van der Waals surface area contributed by atoms with Crippen molar-refractivity contribution < 1.29 is 22.7 Å². The maximum absolute atomic E-state index is 12.0. The lowest BCUT2D eigenvalue weighted by atomic mass is 10.1. The average Bonchev–Trinajstić information content (AvgIpc) is 2.81. The summed E-state index contributed by atoms with van der Waals surface area (Å²) in [6, 6.07) is 8.70. The molecule has 1 aromatic heterocycles. The summed E-state index contributed by atoms with van der Waals surface area (Å²) in [5.41, 5.74) is 6.76. The summed E-state index contributed by atoms with van der Waals surface area (Å²) >= 11 is 0. The Balaban J connectivity index is 2.03. The smallest absolute Gasteiger partial charge is 0.236 e. The number of hydrogen-bond donors (Lipinski definition) is 4. The van der Waals surface area contributed by atoms with Crippen molar-refractivity contribution in [2.45, 2.75) is 24.6 Å². The van der Waals surface area contributed by atoms with E-state index in [0.29, 0.717) is 42.7 Å². The van der Waals surface area contributed by atoms with Gasteiger partial charge in [0.1, 0.15) is 21.8 Å². The van der Waals surface area contributed by atoms with Crippen LogP contribution in [0.4, 0.5) is 11.5 Å². The highest BCUT2D eigenvalue weighted by Gasteiger charge is 2.26. The number of nitrogens with one attached hydrogen (secondary N) is 2. The molecule has 11 nitrogen and oxygen atoms in total. The minimum atomic E-state index is -2.97. The standard InChI is InChI=1S/C21H28N6O5S/c1-13-12-32-8-7-27(13)19-9-16(17(33(30)31)10-20(29)23-2)25-21(26-19)14-3-5-15(6-4-14)24-11-18(22)28/h3-6,9,13,17,24,33H,7-8,10-12H2,1-2H3,(H2,22,28)(H,23,29)/t13-,17?/m0/s1. The third-order valence-corrected chi connectivity index (χ3v) is 6.21. The molecule has 0 spiro atoms. The summed E-state index contributed by atoms with van der Waals surface area (Å²) < 4.78 is 29.6. The topological polar surface area (TPSA) is 157 Å². The number of carbonyl (C=O) groups excluding carboxylic acids is 2. The van der Waals surface area contributed by atoms with Gasteiger partial charge in [-0.3, -0.25) is 9.59 Å². The molecule has 0 radical (unpaired) electrons. The van der Waals surface area contributed by atoms with E-state index in [1.807, 2.05) is 11.8 Å². The number of anilines is 2. The van der Waals surface area contributed by atoms with Crippen molar-refractivity contribution in [1.29, 1.82) is 0 Å². The van der Waals surface area contributed by atoms with Crippen LogP contribution in [0.5, 0.6) is 0 Å². The third-order valence-electron chi connectivity index (χ3n) is 5.26. The number of carbonyl (C=O) groups is 2. The Morgan fingerprint density at radius 1 is 1.27 bits per heavy atom. The lowest BCUT2D eigenvalue weighted by Crippen LogP contribution is -2.44. The van der Waals surface area contributed by atoms with Crippen molar-refractivity contribution >= 4 is 34.0 Å². The monoisotopic (exact) mass is 476 g/mol. The van der Waals surface area contributed by atoms with Gasteiger partial charge < -0.3 is 26.0 Å². The number of thiol groups is 1. The number of amides is 2. The number of hydrogen-bond acceptors (Lipinski definition) is 9. The van der Waals surface area contributed by atoms with Crippen molar-refractivity contribution in [3.8, 4) is 11.4 Å². The van der Waals surface area contributed by atoms with Gasteiger partial charge in [-0.15, -0.1) is 0 Å². The van der Waals surface area contributed by atoms with Crippen LogP contribution in [0.1, 0.15) is 24.3 Å². The molecule has 1 aliphatic heterocycles. The summed E-state index contributed by atoms with van der Waals surface area (Å²) in [5.74, 6) is 0.0284. The maximum Gasteiger partial charge on any atom is 0.236 e. The lowest BCUT2D eigenvalue weighted by Gasteiger charge is -2.34. The number of nitrogens with two attached hydrogens (primary N) is 1. The van der Waals surface area contributed by atoms with E-state index in [1.54, 1.807) is 30.3 Å². The highest BCUT2D eigenvalue weighted by Crippen LogP contribution is 2.28. The second kappa shape index (κ2) is 11.1. The molecule has 12 heteroatoms. The minimum absolute atomic E-state index is 0.00210. The minimum Gasteiger partial charge on any atom is -0.377 e. The molecule has 2 aromatic rings. The summed E-state index contributed by atoms with van der Waals surface area (Å²) in [6.07, 6.45) is -0.236. The van der Waals surface area contributed by atoms with Gasteiger partial charge in [0.15, 0.2) is 5.82 Å². The Bertz CT molecular complexity index is 1070. The molecule has 0 aliphatic carbocycles. The Morgan fingerprint density at radius 2 is 2.00 bits per heavy atom. The van der Waals surface area contributed by atoms with E-state index in [1.165, 1.54) is 7.05 Å². The second-order valence-corrected chi connectivity index (χ2v) is 8.86. The molecular weight excluding hydrogens is 448 g/mol. The predicted molar refractivity (Wildman–Crippen MR) is 125 cm³/mol. The number of nitrogens with zero attached hydrogens (tertiary/aromatic N) is 3. The Kier molecular flexibility index (Phi) is 8.17. The zero-order valence-corrected chi connectivity index (χ0v) is 19.4. The molecule has 1 fully saturated rings. The van der Waals surface area contributed by atoms with Crippen LogP contribution in [0.2, 0.25) is 0 Å². The highest BCUT2D eigenvalue weighted by molar-refractivity contribution is 7.72. The van der Waals surface area contributed by atoms with E-state index in [0.717, 1.165) is 0 Å². The van der Waals surface area contributed by atoms with Gasteiger partial charge in [0, 0.05) is 37.3 Å². The summed E-state index contributed by atoms with van der Waals surface area (Å²) in [6.45, 7) is 3.64. The van der Waals surface area contributed by atoms with Gasteiger partial charge in [0.05, 0.1) is 31.5 Å². The Hall–Kier alpha value is -3.25. The molecule has 1 unspecified atom stereocenters. The van der Waals surface area contributed by atoms with Crippen LogP contribution < -0.4 is 21.3 Å². The SMILES string of the molecule is CNC(=O)CC(c1cc(N2CCOC[C@@H]2C)nc(-c2ccc(NCC(N)=O)cc2)n1)[SH](=O)=O. The van der Waals surface area contributed by atoms with Gasteiger partial charge in [0.25, 0.3) is 0 Å². The fraction of sp³-hybridized carbons (Fsp3) is 0.429. The molecule has 2 amide bonds. The van der Waals surface area contributed by atoms with E-state index in [-0.39, 0.29) is 24.7 Å². The molecule has 1 aromatic carbocycles. The Morgan fingerprint density at radius 3 is 2.61 bits per heavy atom. The summed E-state index contributed by atoms with van der Waals surface area (Å²) in [5, 5.41) is 4.27. The second-order valence-electron chi connectivity index (χ2n) is 7.67. The lowest BCUT2D eigenvalue weighted by molar-refractivity contribution is -0.120. The number of ether oxygens (including phenoxy) is 1. The number of primary amides is 1. The largest absolute Gasteiger partial charge is 0.377 e. The number of morpholine rings is 1. The molecule has 1 aliphatic rings. The van der Waals surface area contributed by atoms with E-state index in [9.17, 15) is 18.0 Å². The van der Waals surface area contributed by atoms with Crippen LogP contribution in [0.3, 0.4) is 0 Å². The molecule has 2 heterocycles. The zero-order valence-electron chi connectivity index (χ0n) is 18.5. The molecule has 2 atom stereocenters. The molecule has 3 rings (SSSR count). The predicted octanol–water partition coefficient (Wildman–Crippen LogP) is 0.0545. The van der Waals surface area contributed by atoms with Crippen LogP contribution in [-0.4, -0.2) is 69.6 Å². The van der Waals surface area contributed by atoms with Crippen LogP contribution in [0, 0.1) is 0 Å². The number of rotatable bonds is 9. The van der Waals surface area contributed by atoms with E-state index >= 15 is 0 Å². The Labute approximate surface area is 193 Å². The van der Waals surface area contributed by atoms with Gasteiger partial charge in [0.2, 0.25) is 11.8 Å². The first-order valence-electron chi connectivity index (χ1n) is 10.5. The van der Waals surface area contributed by atoms with Gasteiger partial charge in [-0.25, -0.2) is 18.4 Å². The van der Waals surface area contributed by atoms with Gasteiger partial charge >= 0.3 is 0 Å². The van der Waals surface area contributed by atoms with Crippen molar-refractivity contribution in [3.05, 3.63) is 36.0 Å². The summed E-state index contributed by atoms with van der Waals surface area (Å²) in [4.78, 5) is 34.2. The molecule has 33 heavy (non-hydrogen) atoms. The van der Waals surface area contributed by atoms with Crippen LogP contribution in [0.15, 0.2) is 30.3 Å². The van der Waals surface area contributed by atoms with Crippen molar-refractivity contribution in [1.82, 2.24) is 15.3 Å². The third kappa shape index (κ3) is 6.39. The van der Waals surface area contributed by atoms with Crippen LogP contribution >= 0.6 is 0 Å². The highest BCUT2D eigenvalue weighted by atomic mass is 32.2. The van der Waals surface area contributed by atoms with Gasteiger partial charge in [-0.1, -0.05) is 0 Å². The van der Waals surface area contributed by atoms with Crippen LogP contribution in [0.25, 0.3) is 11.4 Å². The average molecular weight is 477 g/mol. The van der Waals surface area contributed by atoms with E-state index in [4.69, 9.17) is 10.5 Å². The summed E-state index contributed by atoms with van der Waals surface area (Å²) in [7, 11) is -1.51. The van der Waals surface area contributed by atoms with Crippen LogP contribution in [-0.2, 0) is 25.0 Å². The van der Waals surface area contributed by atoms with Crippen molar-refractivity contribution in [2.24, 2.45) is 5.73 Å². The fourth-order valence-electron chi connectivity index (χ4n) is 3.46. The maximum atomic E-state index is 12.0. The van der Waals surface area contributed by atoms with Gasteiger partial charge in [-0.2, -0.15) is 0 Å². The number of benzene rings is 1. The van der Waals surface area contributed by atoms with E-state index in [2.05, 4.69) is 20.6 Å². The van der Waals surface area contributed by atoms with Gasteiger partial charge in [-0.05, 0) is 31.2 Å². The molecule has 4 N–H and O–H groups in total. The quantitative estimate of drug-likeness (QED) is 0.367. The fourth-order valence-corrected chi connectivity index (χ4v) is 4.12. The van der Waals surface area contributed by atoms with Crippen molar-refractivity contribution in [2.75, 3.05) is 43.6 Å². The first-order chi connectivity index (χ1) is 15.8. The molecule has 0 bridgehead atoms. The molecule has 1 saturated heterocycles. The normalized spacial score (nSPS) is 16.9.